The van der Waals surface area contributed by atoms with E-state index in [0.29, 0.717) is 24.4 Å². The average Bonchev–Trinajstić information content (AvgIpc) is 2.31. The summed E-state index contributed by atoms with van der Waals surface area (Å²) in [6, 6.07) is 1.97. The van der Waals surface area contributed by atoms with Crippen LogP contribution in [0, 0.1) is 0 Å². The standard InChI is InChI=1S/C11H18N6O/c12-9-1-4-14-11(16-9)15-8-2-5-17(6-3-8)7-10(13)18/h1,4,8H,2-3,5-7H2,(H2,13,18)(H3,12,14,15,16). The number of aromatic nitrogens is 2. The van der Waals surface area contributed by atoms with E-state index in [9.17, 15) is 4.79 Å². The van der Waals surface area contributed by atoms with Gasteiger partial charge in [0.15, 0.2) is 0 Å². The second kappa shape index (κ2) is 5.63. The summed E-state index contributed by atoms with van der Waals surface area (Å²) in [4.78, 5) is 21.1. The van der Waals surface area contributed by atoms with Gasteiger partial charge in [-0.1, -0.05) is 0 Å². The molecule has 2 heterocycles. The molecule has 18 heavy (non-hydrogen) atoms. The number of nitrogens with two attached hydrogens (primary N) is 2. The number of likely N-dealkylation sites (tertiary alicyclic amines) is 1. The van der Waals surface area contributed by atoms with Gasteiger partial charge in [0.2, 0.25) is 11.9 Å². The van der Waals surface area contributed by atoms with E-state index in [4.69, 9.17) is 11.5 Å². The summed E-state index contributed by atoms with van der Waals surface area (Å²) in [5.74, 6) is 0.739. The molecule has 2 rings (SSSR count). The average molecular weight is 250 g/mol. The zero-order valence-corrected chi connectivity index (χ0v) is 10.2. The van der Waals surface area contributed by atoms with Gasteiger partial charge in [-0.3, -0.25) is 9.69 Å². The minimum absolute atomic E-state index is 0.277. The van der Waals surface area contributed by atoms with Gasteiger partial charge in [0, 0.05) is 25.3 Å². The van der Waals surface area contributed by atoms with Crippen LogP contribution in [0.2, 0.25) is 0 Å². The molecule has 0 aromatic carbocycles. The summed E-state index contributed by atoms with van der Waals surface area (Å²) in [5.41, 5.74) is 10.8. The lowest BCUT2D eigenvalue weighted by molar-refractivity contribution is -0.119. The maximum atomic E-state index is 10.8. The minimum atomic E-state index is -0.277. The summed E-state index contributed by atoms with van der Waals surface area (Å²) in [6.45, 7) is 2.04. The lowest BCUT2D eigenvalue weighted by atomic mass is 10.1. The molecule has 1 aromatic heterocycles. The first-order valence-corrected chi connectivity index (χ1v) is 5.99. The maximum absolute atomic E-state index is 10.8. The van der Waals surface area contributed by atoms with Crippen LogP contribution >= 0.6 is 0 Å². The number of nitrogens with zero attached hydrogens (tertiary/aromatic N) is 3. The van der Waals surface area contributed by atoms with Crippen LogP contribution in [-0.4, -0.2) is 46.5 Å². The van der Waals surface area contributed by atoms with Gasteiger partial charge in [-0.15, -0.1) is 0 Å². The van der Waals surface area contributed by atoms with Crippen molar-refractivity contribution >= 4 is 17.7 Å². The third-order valence-electron chi connectivity index (χ3n) is 2.98. The molecule has 0 saturated carbocycles. The molecule has 0 aliphatic carbocycles. The Labute approximate surface area is 106 Å². The molecule has 1 aliphatic rings. The molecular weight excluding hydrogens is 232 g/mol. The number of carbonyl (C=O) groups excluding carboxylic acids is 1. The van der Waals surface area contributed by atoms with Gasteiger partial charge in [-0.25, -0.2) is 4.98 Å². The van der Waals surface area contributed by atoms with Gasteiger partial charge in [0.05, 0.1) is 6.54 Å². The zero-order valence-electron chi connectivity index (χ0n) is 10.2. The van der Waals surface area contributed by atoms with Crippen molar-refractivity contribution in [3.63, 3.8) is 0 Å². The third-order valence-corrected chi connectivity index (χ3v) is 2.98. The Morgan fingerprint density at radius 1 is 1.50 bits per heavy atom. The van der Waals surface area contributed by atoms with Crippen molar-refractivity contribution in [1.82, 2.24) is 14.9 Å². The van der Waals surface area contributed by atoms with Gasteiger partial charge >= 0.3 is 0 Å². The molecule has 0 radical (unpaired) electrons. The van der Waals surface area contributed by atoms with Crippen molar-refractivity contribution in [2.45, 2.75) is 18.9 Å². The monoisotopic (exact) mass is 250 g/mol. The van der Waals surface area contributed by atoms with Crippen LogP contribution in [0.25, 0.3) is 0 Å². The molecule has 1 aromatic rings. The molecule has 0 bridgehead atoms. The minimum Gasteiger partial charge on any atom is -0.384 e. The van der Waals surface area contributed by atoms with Gasteiger partial charge in [-0.2, -0.15) is 4.98 Å². The molecule has 1 amide bonds. The number of hydrogen-bond acceptors (Lipinski definition) is 6. The van der Waals surface area contributed by atoms with Gasteiger partial charge in [0.1, 0.15) is 5.82 Å². The predicted octanol–water partition coefficient (Wildman–Crippen LogP) is -0.580. The highest BCUT2D eigenvalue weighted by atomic mass is 16.1. The van der Waals surface area contributed by atoms with E-state index in [1.165, 1.54) is 0 Å². The molecule has 7 heteroatoms. The second-order valence-electron chi connectivity index (χ2n) is 4.47. The number of hydrogen-bond donors (Lipinski definition) is 3. The Bertz CT molecular complexity index is 416. The number of nitrogens with one attached hydrogen (secondary N) is 1. The topological polar surface area (TPSA) is 110 Å². The molecule has 0 atom stereocenters. The van der Waals surface area contributed by atoms with Crippen LogP contribution in [-0.2, 0) is 4.79 Å². The quantitative estimate of drug-likeness (QED) is 0.659. The molecule has 1 aliphatic heterocycles. The third kappa shape index (κ3) is 3.56. The SMILES string of the molecule is NC(=O)CN1CCC(Nc2nccc(N)n2)CC1. The Morgan fingerprint density at radius 2 is 2.22 bits per heavy atom. The van der Waals surface area contributed by atoms with Crippen LogP contribution in [0.1, 0.15) is 12.8 Å². The van der Waals surface area contributed by atoms with Gasteiger partial charge < -0.3 is 16.8 Å². The molecule has 1 fully saturated rings. The fourth-order valence-corrected chi connectivity index (χ4v) is 2.08. The van der Waals surface area contributed by atoms with E-state index < -0.39 is 0 Å². The predicted molar refractivity (Wildman–Crippen MR) is 68.7 cm³/mol. The van der Waals surface area contributed by atoms with E-state index in [1.807, 2.05) is 0 Å². The molecular formula is C11H18N6O. The first-order chi connectivity index (χ1) is 8.63. The summed E-state index contributed by atoms with van der Waals surface area (Å²) >= 11 is 0. The maximum Gasteiger partial charge on any atom is 0.231 e. The van der Waals surface area contributed by atoms with Crippen LogP contribution in [0.4, 0.5) is 11.8 Å². The normalized spacial score (nSPS) is 17.6. The lowest BCUT2D eigenvalue weighted by Gasteiger charge is -2.31. The van der Waals surface area contributed by atoms with E-state index in [-0.39, 0.29) is 5.91 Å². The molecule has 5 N–H and O–H groups in total. The van der Waals surface area contributed by atoms with Crippen molar-refractivity contribution < 1.29 is 4.79 Å². The Morgan fingerprint density at radius 3 is 2.83 bits per heavy atom. The number of rotatable bonds is 4. The first kappa shape index (κ1) is 12.6. The summed E-state index contributed by atoms with van der Waals surface area (Å²) in [7, 11) is 0. The second-order valence-corrected chi connectivity index (χ2v) is 4.47. The zero-order chi connectivity index (χ0) is 13.0. The van der Waals surface area contributed by atoms with Crippen molar-refractivity contribution in [2.24, 2.45) is 5.73 Å². The number of amides is 1. The summed E-state index contributed by atoms with van der Waals surface area (Å²) in [5, 5.41) is 3.25. The van der Waals surface area contributed by atoms with Crippen LogP contribution < -0.4 is 16.8 Å². The summed E-state index contributed by atoms with van der Waals surface area (Å²) < 4.78 is 0. The molecule has 0 unspecified atom stereocenters. The van der Waals surface area contributed by atoms with Crippen molar-refractivity contribution in [1.29, 1.82) is 0 Å². The number of carbonyl (C=O) groups is 1. The number of piperidine rings is 1. The lowest BCUT2D eigenvalue weighted by Crippen LogP contribution is -2.43. The van der Waals surface area contributed by atoms with E-state index in [1.54, 1.807) is 12.3 Å². The van der Waals surface area contributed by atoms with E-state index in [2.05, 4.69) is 20.2 Å². The largest absolute Gasteiger partial charge is 0.384 e. The summed E-state index contributed by atoms with van der Waals surface area (Å²) in [6.07, 6.45) is 3.50. The molecule has 1 saturated heterocycles. The number of nitrogen functional groups attached to an aromatic ring is 1. The molecule has 0 spiro atoms. The highest BCUT2D eigenvalue weighted by Gasteiger charge is 2.20. The Balaban J connectivity index is 1.81. The fourth-order valence-electron chi connectivity index (χ4n) is 2.08. The Hall–Kier alpha value is -1.89. The van der Waals surface area contributed by atoms with Crippen molar-refractivity contribution in [2.75, 3.05) is 30.7 Å². The van der Waals surface area contributed by atoms with Gasteiger partial charge in [-0.05, 0) is 18.9 Å². The van der Waals surface area contributed by atoms with Gasteiger partial charge in [0.25, 0.3) is 0 Å². The van der Waals surface area contributed by atoms with Crippen molar-refractivity contribution in [3.05, 3.63) is 12.3 Å². The molecule has 98 valence electrons. The molecule has 7 nitrogen and oxygen atoms in total. The van der Waals surface area contributed by atoms with E-state index >= 15 is 0 Å². The van der Waals surface area contributed by atoms with Crippen molar-refractivity contribution in [3.8, 4) is 0 Å². The number of primary amides is 1. The highest BCUT2D eigenvalue weighted by molar-refractivity contribution is 5.75. The Kier molecular flexibility index (Phi) is 3.93. The smallest absolute Gasteiger partial charge is 0.231 e. The van der Waals surface area contributed by atoms with Crippen LogP contribution in [0.15, 0.2) is 12.3 Å². The van der Waals surface area contributed by atoms with Crippen LogP contribution in [0.3, 0.4) is 0 Å². The fraction of sp³-hybridized carbons (Fsp3) is 0.545. The van der Waals surface area contributed by atoms with Crippen LogP contribution in [0.5, 0.6) is 0 Å². The highest BCUT2D eigenvalue weighted by Crippen LogP contribution is 2.14. The van der Waals surface area contributed by atoms with E-state index in [0.717, 1.165) is 25.9 Å². The first-order valence-electron chi connectivity index (χ1n) is 5.99. The number of anilines is 2.